The predicted octanol–water partition coefficient (Wildman–Crippen LogP) is 3.42. The molecule has 2 aromatic rings. The van der Waals surface area contributed by atoms with E-state index in [0.717, 1.165) is 11.1 Å². The highest BCUT2D eigenvalue weighted by molar-refractivity contribution is 5.87. The molecule has 3 heteroatoms. The lowest BCUT2D eigenvalue weighted by molar-refractivity contribution is 0.0697. The molecule has 0 bridgehead atoms. The number of carboxylic acid groups (broad SMARTS) is 1. The van der Waals surface area contributed by atoms with Crippen molar-refractivity contribution in [1.82, 2.24) is 0 Å². The molecule has 0 aliphatic heterocycles. The minimum absolute atomic E-state index is 0.229. The van der Waals surface area contributed by atoms with Crippen molar-refractivity contribution in [2.24, 2.45) is 0 Å². The fourth-order valence-corrected chi connectivity index (χ4v) is 2.09. The Bertz CT molecular complexity index is 598. The van der Waals surface area contributed by atoms with Crippen LogP contribution in [0.1, 0.15) is 35.3 Å². The van der Waals surface area contributed by atoms with Gasteiger partial charge in [-0.1, -0.05) is 38.1 Å². The molecule has 0 saturated heterocycles. The molecule has 2 rings (SSSR count). The zero-order valence-electron chi connectivity index (χ0n) is 10.9. The summed E-state index contributed by atoms with van der Waals surface area (Å²) < 4.78 is 0. The fraction of sp³-hybridized carbons (Fsp3) is 0.188. The highest BCUT2D eigenvalue weighted by Crippen LogP contribution is 2.33. The molecule has 0 spiro atoms. The van der Waals surface area contributed by atoms with Gasteiger partial charge in [0.1, 0.15) is 5.75 Å². The van der Waals surface area contributed by atoms with Crippen LogP contribution in [0.25, 0.3) is 0 Å². The molecule has 0 aromatic heterocycles. The average molecular weight is 256 g/mol. The van der Waals surface area contributed by atoms with E-state index in [0.29, 0.717) is 0 Å². The van der Waals surface area contributed by atoms with Crippen LogP contribution in [-0.4, -0.2) is 16.2 Å². The second-order valence-corrected chi connectivity index (χ2v) is 5.06. The lowest BCUT2D eigenvalue weighted by Gasteiger charge is -2.26. The summed E-state index contributed by atoms with van der Waals surface area (Å²) in [4.78, 5) is 10.8. The van der Waals surface area contributed by atoms with Crippen LogP contribution < -0.4 is 0 Å². The van der Waals surface area contributed by atoms with E-state index < -0.39 is 5.97 Å². The fourth-order valence-electron chi connectivity index (χ4n) is 2.09. The lowest BCUT2D eigenvalue weighted by Crippen LogP contribution is -2.18. The second kappa shape index (κ2) is 4.76. The van der Waals surface area contributed by atoms with E-state index in [1.54, 1.807) is 30.3 Å². The molecule has 0 saturated carbocycles. The Morgan fingerprint density at radius 3 is 2.16 bits per heavy atom. The largest absolute Gasteiger partial charge is 0.508 e. The van der Waals surface area contributed by atoms with Crippen LogP contribution >= 0.6 is 0 Å². The van der Waals surface area contributed by atoms with Crippen LogP contribution in [0.3, 0.4) is 0 Å². The zero-order valence-corrected chi connectivity index (χ0v) is 10.9. The number of hydrogen-bond acceptors (Lipinski definition) is 2. The summed E-state index contributed by atoms with van der Waals surface area (Å²) >= 11 is 0. The van der Waals surface area contributed by atoms with Gasteiger partial charge in [0.2, 0.25) is 0 Å². The third kappa shape index (κ3) is 2.60. The molecule has 98 valence electrons. The molecule has 0 radical (unpaired) electrons. The SMILES string of the molecule is CC(C)(c1ccc(C(=O)O)cc1)c1cccc(O)c1. The Labute approximate surface area is 112 Å². The molecule has 19 heavy (non-hydrogen) atoms. The molecular weight excluding hydrogens is 240 g/mol. The number of benzene rings is 2. The number of aromatic carboxylic acids is 1. The molecule has 0 atom stereocenters. The van der Waals surface area contributed by atoms with Gasteiger partial charge in [0.25, 0.3) is 0 Å². The summed E-state index contributed by atoms with van der Waals surface area (Å²) in [6.07, 6.45) is 0. The van der Waals surface area contributed by atoms with Gasteiger partial charge < -0.3 is 10.2 Å². The summed E-state index contributed by atoms with van der Waals surface area (Å²) in [5.74, 6) is -0.700. The topological polar surface area (TPSA) is 57.5 Å². The van der Waals surface area contributed by atoms with Gasteiger partial charge in [-0.15, -0.1) is 0 Å². The van der Waals surface area contributed by atoms with Gasteiger partial charge in [0.05, 0.1) is 5.56 Å². The number of rotatable bonds is 3. The highest BCUT2D eigenvalue weighted by atomic mass is 16.4. The molecule has 0 amide bonds. The maximum absolute atomic E-state index is 10.8. The van der Waals surface area contributed by atoms with Gasteiger partial charge in [-0.2, -0.15) is 0 Å². The third-order valence-electron chi connectivity index (χ3n) is 3.42. The smallest absolute Gasteiger partial charge is 0.335 e. The quantitative estimate of drug-likeness (QED) is 0.884. The van der Waals surface area contributed by atoms with Crippen molar-refractivity contribution in [3.8, 4) is 5.75 Å². The minimum Gasteiger partial charge on any atom is -0.508 e. The Hall–Kier alpha value is -2.29. The van der Waals surface area contributed by atoms with Crippen molar-refractivity contribution in [3.05, 3.63) is 65.2 Å². The molecule has 0 unspecified atom stereocenters. The van der Waals surface area contributed by atoms with Gasteiger partial charge in [0.15, 0.2) is 0 Å². The van der Waals surface area contributed by atoms with E-state index in [2.05, 4.69) is 0 Å². The van der Waals surface area contributed by atoms with E-state index in [9.17, 15) is 9.90 Å². The first kappa shape index (κ1) is 13.1. The van der Waals surface area contributed by atoms with Crippen LogP contribution in [0.5, 0.6) is 5.75 Å². The van der Waals surface area contributed by atoms with Crippen LogP contribution in [0.15, 0.2) is 48.5 Å². The molecule has 2 aromatic carbocycles. The number of carbonyl (C=O) groups is 1. The monoisotopic (exact) mass is 256 g/mol. The van der Waals surface area contributed by atoms with Crippen molar-refractivity contribution in [2.75, 3.05) is 0 Å². The third-order valence-corrected chi connectivity index (χ3v) is 3.42. The molecule has 0 aliphatic rings. The number of aromatic hydroxyl groups is 1. The first-order valence-electron chi connectivity index (χ1n) is 6.04. The summed E-state index contributed by atoms with van der Waals surface area (Å²) in [5.41, 5.74) is 1.96. The van der Waals surface area contributed by atoms with E-state index in [1.807, 2.05) is 32.0 Å². The average Bonchev–Trinajstić information content (AvgIpc) is 2.39. The summed E-state index contributed by atoms with van der Waals surface area (Å²) in [5, 5.41) is 18.5. The number of hydrogen-bond donors (Lipinski definition) is 2. The Morgan fingerprint density at radius 2 is 1.63 bits per heavy atom. The van der Waals surface area contributed by atoms with Crippen molar-refractivity contribution in [3.63, 3.8) is 0 Å². The van der Waals surface area contributed by atoms with Gasteiger partial charge in [-0.3, -0.25) is 0 Å². The van der Waals surface area contributed by atoms with Crippen LogP contribution in [0.2, 0.25) is 0 Å². The maximum Gasteiger partial charge on any atom is 0.335 e. The van der Waals surface area contributed by atoms with Crippen LogP contribution in [-0.2, 0) is 5.41 Å². The Kier molecular flexibility index (Phi) is 3.30. The molecule has 0 aliphatic carbocycles. The first-order valence-corrected chi connectivity index (χ1v) is 6.04. The molecule has 2 N–H and O–H groups in total. The van der Waals surface area contributed by atoms with Crippen LogP contribution in [0, 0.1) is 0 Å². The Morgan fingerprint density at radius 1 is 1.00 bits per heavy atom. The molecule has 3 nitrogen and oxygen atoms in total. The van der Waals surface area contributed by atoms with Gasteiger partial charge >= 0.3 is 5.97 Å². The van der Waals surface area contributed by atoms with Gasteiger partial charge in [-0.25, -0.2) is 4.79 Å². The lowest BCUT2D eigenvalue weighted by atomic mass is 9.78. The van der Waals surface area contributed by atoms with Crippen molar-refractivity contribution in [2.45, 2.75) is 19.3 Å². The molecule has 0 heterocycles. The first-order chi connectivity index (χ1) is 8.91. The number of phenols is 1. The number of carboxylic acids is 1. The van der Waals surface area contributed by atoms with E-state index in [4.69, 9.17) is 5.11 Å². The van der Waals surface area contributed by atoms with E-state index >= 15 is 0 Å². The Balaban J connectivity index is 2.41. The number of phenolic OH excluding ortho intramolecular Hbond substituents is 1. The van der Waals surface area contributed by atoms with Gasteiger partial charge in [0, 0.05) is 5.41 Å². The summed E-state index contributed by atoms with van der Waals surface area (Å²) in [7, 11) is 0. The van der Waals surface area contributed by atoms with E-state index in [-0.39, 0.29) is 16.7 Å². The normalized spacial score (nSPS) is 11.3. The van der Waals surface area contributed by atoms with Crippen molar-refractivity contribution in [1.29, 1.82) is 0 Å². The summed E-state index contributed by atoms with van der Waals surface area (Å²) in [6, 6.07) is 13.9. The van der Waals surface area contributed by atoms with E-state index in [1.165, 1.54) is 0 Å². The minimum atomic E-state index is -0.929. The predicted molar refractivity (Wildman–Crippen MR) is 73.6 cm³/mol. The standard InChI is InChI=1S/C16H16O3/c1-16(2,13-4-3-5-14(17)10-13)12-8-6-11(7-9-12)15(18)19/h3-10,17H,1-2H3,(H,18,19). The molecule has 0 fully saturated rings. The van der Waals surface area contributed by atoms with Crippen molar-refractivity contribution < 1.29 is 15.0 Å². The maximum atomic E-state index is 10.8. The van der Waals surface area contributed by atoms with Crippen LogP contribution in [0.4, 0.5) is 0 Å². The second-order valence-electron chi connectivity index (χ2n) is 5.06. The zero-order chi connectivity index (χ0) is 14.0. The van der Waals surface area contributed by atoms with Crippen molar-refractivity contribution >= 4 is 5.97 Å². The summed E-state index contributed by atoms with van der Waals surface area (Å²) in [6.45, 7) is 4.08. The molecular formula is C16H16O3. The highest BCUT2D eigenvalue weighted by Gasteiger charge is 2.23. The van der Waals surface area contributed by atoms with Gasteiger partial charge in [-0.05, 0) is 35.4 Å².